The molecule has 0 saturated heterocycles. The number of benzene rings is 1. The zero-order valence-electron chi connectivity index (χ0n) is 13.7. The summed E-state index contributed by atoms with van der Waals surface area (Å²) in [6.07, 6.45) is 5.56. The zero-order chi connectivity index (χ0) is 16.4. The molecule has 122 valence electrons. The highest BCUT2D eigenvalue weighted by molar-refractivity contribution is 5.92. The van der Waals surface area contributed by atoms with Gasteiger partial charge < -0.3 is 20.1 Å². The summed E-state index contributed by atoms with van der Waals surface area (Å²) < 4.78 is 10.8. The second-order valence-corrected chi connectivity index (χ2v) is 6.05. The minimum Gasteiger partial charge on any atom is -0.454 e. The van der Waals surface area contributed by atoms with Crippen molar-refractivity contribution in [2.45, 2.75) is 32.1 Å². The molecule has 2 aliphatic rings. The Morgan fingerprint density at radius 2 is 1.83 bits per heavy atom. The van der Waals surface area contributed by atoms with E-state index in [0.29, 0.717) is 0 Å². The van der Waals surface area contributed by atoms with Gasteiger partial charge in [0.15, 0.2) is 11.5 Å². The summed E-state index contributed by atoms with van der Waals surface area (Å²) in [6.45, 7) is 4.12. The maximum atomic E-state index is 12.7. The maximum Gasteiger partial charge on any atom is 0.234 e. The van der Waals surface area contributed by atoms with Gasteiger partial charge in [0.2, 0.25) is 12.7 Å². The number of hydrogen-bond donors (Lipinski definition) is 2. The molecule has 23 heavy (non-hydrogen) atoms. The van der Waals surface area contributed by atoms with Crippen LogP contribution in [0.3, 0.4) is 0 Å². The molecule has 0 radical (unpaired) electrons. The second kappa shape index (κ2) is 5.99. The summed E-state index contributed by atoms with van der Waals surface area (Å²) in [4.78, 5) is 12.7. The van der Waals surface area contributed by atoms with Crippen molar-refractivity contribution in [2.24, 2.45) is 0 Å². The minimum atomic E-state index is -0.433. The highest BCUT2D eigenvalue weighted by atomic mass is 16.7. The Labute approximate surface area is 136 Å². The van der Waals surface area contributed by atoms with Crippen LogP contribution < -0.4 is 20.1 Å². The van der Waals surface area contributed by atoms with Crippen LogP contribution in [0.5, 0.6) is 11.5 Å². The molecular weight excluding hydrogens is 292 g/mol. The standard InChI is InChI=1S/C18H22N2O3/c1-12(19-3)4-5-13(2)20-17(21)18(8-9-18)14-6-7-15-16(10-14)23-11-22-15/h4-7,10,19H,8-9,11H2,1-3H3,(H,20,21)/b12-4+,13-5+. The van der Waals surface area contributed by atoms with Crippen molar-refractivity contribution >= 4 is 5.91 Å². The molecule has 0 bridgehead atoms. The van der Waals surface area contributed by atoms with Gasteiger partial charge in [0.05, 0.1) is 5.41 Å². The molecule has 1 fully saturated rings. The van der Waals surface area contributed by atoms with Crippen LogP contribution in [-0.2, 0) is 10.2 Å². The Morgan fingerprint density at radius 1 is 1.13 bits per heavy atom. The summed E-state index contributed by atoms with van der Waals surface area (Å²) in [5.41, 5.74) is 2.43. The van der Waals surface area contributed by atoms with Crippen LogP contribution in [0.2, 0.25) is 0 Å². The first-order valence-corrected chi connectivity index (χ1v) is 7.80. The Morgan fingerprint density at radius 3 is 2.52 bits per heavy atom. The predicted octanol–water partition coefficient (Wildman–Crippen LogP) is 2.59. The summed E-state index contributed by atoms with van der Waals surface area (Å²) in [5, 5.41) is 6.05. The summed E-state index contributed by atoms with van der Waals surface area (Å²) in [5.74, 6) is 1.51. The van der Waals surface area contributed by atoms with Gasteiger partial charge in [-0.2, -0.15) is 0 Å². The fourth-order valence-electron chi connectivity index (χ4n) is 2.64. The van der Waals surface area contributed by atoms with E-state index in [1.54, 1.807) is 0 Å². The zero-order valence-corrected chi connectivity index (χ0v) is 13.7. The maximum absolute atomic E-state index is 12.7. The van der Waals surface area contributed by atoms with E-state index in [-0.39, 0.29) is 12.7 Å². The Balaban J connectivity index is 1.74. The molecule has 1 aromatic rings. The minimum absolute atomic E-state index is 0.0422. The van der Waals surface area contributed by atoms with E-state index >= 15 is 0 Å². The van der Waals surface area contributed by atoms with Crippen molar-refractivity contribution < 1.29 is 14.3 Å². The van der Waals surface area contributed by atoms with E-state index in [1.807, 2.05) is 51.2 Å². The lowest BCUT2D eigenvalue weighted by atomic mass is 9.94. The highest BCUT2D eigenvalue weighted by Crippen LogP contribution is 2.50. The number of ether oxygens (including phenoxy) is 2. The van der Waals surface area contributed by atoms with Crippen LogP contribution in [-0.4, -0.2) is 19.7 Å². The smallest absolute Gasteiger partial charge is 0.234 e. The molecule has 0 unspecified atom stereocenters. The molecule has 0 aromatic heterocycles. The van der Waals surface area contributed by atoms with Crippen LogP contribution in [0.1, 0.15) is 32.3 Å². The SMILES string of the molecule is CN/C(C)=C/C=C(\C)NC(=O)C1(c2ccc3c(c2)OCO3)CC1. The molecule has 5 heteroatoms. The van der Waals surface area contributed by atoms with Crippen molar-refractivity contribution in [1.29, 1.82) is 0 Å². The monoisotopic (exact) mass is 314 g/mol. The van der Waals surface area contributed by atoms with Gasteiger partial charge in [-0.15, -0.1) is 0 Å². The van der Waals surface area contributed by atoms with Gasteiger partial charge in [-0.05, 0) is 56.5 Å². The fourth-order valence-corrected chi connectivity index (χ4v) is 2.64. The van der Waals surface area contributed by atoms with Gasteiger partial charge in [0, 0.05) is 18.4 Å². The first kappa shape index (κ1) is 15.5. The van der Waals surface area contributed by atoms with Gasteiger partial charge in [0.25, 0.3) is 0 Å². The Bertz CT molecular complexity index is 688. The van der Waals surface area contributed by atoms with Crippen molar-refractivity contribution in [3.05, 3.63) is 47.3 Å². The van der Waals surface area contributed by atoms with Crippen LogP contribution >= 0.6 is 0 Å². The predicted molar refractivity (Wildman–Crippen MR) is 88.2 cm³/mol. The molecule has 1 saturated carbocycles. The molecule has 1 heterocycles. The van der Waals surface area contributed by atoms with Crippen molar-refractivity contribution in [2.75, 3.05) is 13.8 Å². The van der Waals surface area contributed by atoms with E-state index in [9.17, 15) is 4.79 Å². The number of allylic oxidation sites excluding steroid dienone is 4. The van der Waals surface area contributed by atoms with E-state index < -0.39 is 5.41 Å². The largest absolute Gasteiger partial charge is 0.454 e. The molecule has 0 spiro atoms. The van der Waals surface area contributed by atoms with Gasteiger partial charge >= 0.3 is 0 Å². The number of hydrogen-bond acceptors (Lipinski definition) is 4. The quantitative estimate of drug-likeness (QED) is 0.820. The summed E-state index contributed by atoms with van der Waals surface area (Å²) in [6, 6.07) is 5.77. The Kier molecular flexibility index (Phi) is 4.03. The third-order valence-corrected chi connectivity index (χ3v) is 4.40. The first-order valence-electron chi connectivity index (χ1n) is 7.80. The van der Waals surface area contributed by atoms with Gasteiger partial charge in [-0.1, -0.05) is 6.07 Å². The topological polar surface area (TPSA) is 59.6 Å². The van der Waals surface area contributed by atoms with Crippen molar-refractivity contribution in [3.8, 4) is 11.5 Å². The van der Waals surface area contributed by atoms with Gasteiger partial charge in [-0.3, -0.25) is 4.79 Å². The lowest BCUT2D eigenvalue weighted by molar-refractivity contribution is -0.122. The molecule has 1 aliphatic heterocycles. The van der Waals surface area contributed by atoms with E-state index in [0.717, 1.165) is 41.3 Å². The lowest BCUT2D eigenvalue weighted by Crippen LogP contribution is -2.33. The molecule has 1 amide bonds. The molecule has 1 aromatic carbocycles. The fraction of sp³-hybridized carbons (Fsp3) is 0.389. The molecule has 2 N–H and O–H groups in total. The summed E-state index contributed by atoms with van der Waals surface area (Å²) >= 11 is 0. The molecule has 1 aliphatic carbocycles. The van der Waals surface area contributed by atoms with Crippen LogP contribution in [0, 0.1) is 0 Å². The average molecular weight is 314 g/mol. The number of nitrogens with one attached hydrogen (secondary N) is 2. The van der Waals surface area contributed by atoms with Gasteiger partial charge in [-0.25, -0.2) is 0 Å². The van der Waals surface area contributed by atoms with E-state index in [1.165, 1.54) is 0 Å². The van der Waals surface area contributed by atoms with Crippen LogP contribution in [0.4, 0.5) is 0 Å². The third-order valence-electron chi connectivity index (χ3n) is 4.40. The lowest BCUT2D eigenvalue weighted by Gasteiger charge is -2.16. The van der Waals surface area contributed by atoms with Crippen molar-refractivity contribution in [1.82, 2.24) is 10.6 Å². The molecular formula is C18H22N2O3. The first-order chi connectivity index (χ1) is 11.0. The summed E-state index contributed by atoms with van der Waals surface area (Å²) in [7, 11) is 1.87. The average Bonchev–Trinajstić information content (AvgIpc) is 3.24. The Hall–Kier alpha value is -2.43. The second-order valence-electron chi connectivity index (χ2n) is 6.05. The molecule has 3 rings (SSSR count). The number of rotatable bonds is 5. The van der Waals surface area contributed by atoms with Crippen LogP contribution in [0.25, 0.3) is 0 Å². The molecule has 0 atom stereocenters. The van der Waals surface area contributed by atoms with E-state index in [2.05, 4.69) is 10.6 Å². The highest BCUT2D eigenvalue weighted by Gasteiger charge is 2.51. The van der Waals surface area contributed by atoms with E-state index in [4.69, 9.17) is 9.47 Å². The third kappa shape index (κ3) is 3.04. The normalized spacial score (nSPS) is 18.6. The van der Waals surface area contributed by atoms with Crippen molar-refractivity contribution in [3.63, 3.8) is 0 Å². The number of fused-ring (bicyclic) bond motifs is 1. The number of amides is 1. The number of carbonyl (C=O) groups is 1. The van der Waals surface area contributed by atoms with Crippen LogP contribution in [0.15, 0.2) is 41.7 Å². The van der Waals surface area contributed by atoms with Gasteiger partial charge in [0.1, 0.15) is 0 Å². The molecule has 5 nitrogen and oxygen atoms in total. The number of carbonyl (C=O) groups excluding carboxylic acids is 1.